The minimum atomic E-state index is 0.295. The third-order valence-electron chi connectivity index (χ3n) is 2.37. The van der Waals surface area contributed by atoms with Crippen LogP contribution in [0.1, 0.15) is 47.0 Å². The molecule has 0 bridgehead atoms. The summed E-state index contributed by atoms with van der Waals surface area (Å²) in [5.74, 6) is 1.48. The van der Waals surface area contributed by atoms with Crippen LogP contribution in [0.5, 0.6) is 0 Å². The third-order valence-corrected chi connectivity index (χ3v) is 2.70. The van der Waals surface area contributed by atoms with Gasteiger partial charge >= 0.3 is 0 Å². The minimum Gasteiger partial charge on any atom is -0.315 e. The van der Waals surface area contributed by atoms with Crippen molar-refractivity contribution in [2.75, 3.05) is 13.1 Å². The summed E-state index contributed by atoms with van der Waals surface area (Å²) < 4.78 is 0. The molecule has 0 rings (SSSR count). The molecule has 0 saturated carbocycles. The lowest BCUT2D eigenvalue weighted by Gasteiger charge is -2.15. The first-order chi connectivity index (χ1) is 6.56. The average Bonchev–Trinajstić information content (AvgIpc) is 2.02. The van der Waals surface area contributed by atoms with E-state index in [4.69, 9.17) is 11.6 Å². The van der Waals surface area contributed by atoms with Crippen LogP contribution >= 0.6 is 11.6 Å². The summed E-state index contributed by atoms with van der Waals surface area (Å²) in [6.45, 7) is 11.0. The zero-order valence-corrected chi connectivity index (χ0v) is 10.9. The Morgan fingerprint density at radius 1 is 1.14 bits per heavy atom. The smallest absolute Gasteiger partial charge is 0.0463 e. The van der Waals surface area contributed by atoms with Crippen molar-refractivity contribution >= 4 is 11.6 Å². The predicted molar refractivity (Wildman–Crippen MR) is 66.0 cm³/mol. The van der Waals surface area contributed by atoms with Crippen LogP contribution < -0.4 is 5.32 Å². The maximum absolute atomic E-state index is 6.17. The number of rotatable bonds is 8. The van der Waals surface area contributed by atoms with Crippen LogP contribution in [0.3, 0.4) is 0 Å². The van der Waals surface area contributed by atoms with E-state index in [2.05, 4.69) is 33.0 Å². The molecule has 0 aromatic carbocycles. The lowest BCUT2D eigenvalue weighted by atomic mass is 10.1. The summed E-state index contributed by atoms with van der Waals surface area (Å²) >= 11 is 6.17. The maximum atomic E-state index is 6.17. The Hall–Kier alpha value is 0.250. The highest BCUT2D eigenvalue weighted by Gasteiger charge is 2.07. The van der Waals surface area contributed by atoms with E-state index in [1.807, 2.05) is 0 Å². The fourth-order valence-corrected chi connectivity index (χ4v) is 2.14. The molecular formula is C12H26ClN. The highest BCUT2D eigenvalue weighted by atomic mass is 35.5. The highest BCUT2D eigenvalue weighted by molar-refractivity contribution is 6.20. The van der Waals surface area contributed by atoms with Crippen molar-refractivity contribution in [3.63, 3.8) is 0 Å². The van der Waals surface area contributed by atoms with Crippen molar-refractivity contribution in [3.8, 4) is 0 Å². The van der Waals surface area contributed by atoms with Gasteiger partial charge in [-0.3, -0.25) is 0 Å². The molecule has 0 aliphatic carbocycles. The minimum absolute atomic E-state index is 0.295. The largest absolute Gasteiger partial charge is 0.315 e. The Morgan fingerprint density at radius 2 is 1.79 bits per heavy atom. The lowest BCUT2D eigenvalue weighted by Crippen LogP contribution is -2.28. The Morgan fingerprint density at radius 3 is 2.29 bits per heavy atom. The summed E-state index contributed by atoms with van der Waals surface area (Å²) in [5, 5.41) is 3.74. The zero-order valence-electron chi connectivity index (χ0n) is 10.1. The van der Waals surface area contributed by atoms with E-state index in [0.29, 0.717) is 11.3 Å². The molecule has 2 atom stereocenters. The van der Waals surface area contributed by atoms with Gasteiger partial charge in [0.2, 0.25) is 0 Å². The molecule has 2 heteroatoms. The van der Waals surface area contributed by atoms with Crippen LogP contribution in [-0.4, -0.2) is 18.5 Å². The van der Waals surface area contributed by atoms with Gasteiger partial charge in [-0.25, -0.2) is 0 Å². The molecule has 0 aromatic rings. The Bertz CT molecular complexity index is 125. The molecule has 0 heterocycles. The fraction of sp³-hybridized carbons (Fsp3) is 1.00. The molecule has 0 spiro atoms. The van der Waals surface area contributed by atoms with Gasteiger partial charge in [0.25, 0.3) is 0 Å². The summed E-state index contributed by atoms with van der Waals surface area (Å²) in [7, 11) is 0. The first kappa shape index (κ1) is 14.2. The van der Waals surface area contributed by atoms with Gasteiger partial charge in [0.15, 0.2) is 0 Å². The van der Waals surface area contributed by atoms with E-state index in [1.54, 1.807) is 0 Å². The van der Waals surface area contributed by atoms with Crippen molar-refractivity contribution in [1.29, 1.82) is 0 Å². The van der Waals surface area contributed by atoms with E-state index in [0.717, 1.165) is 25.4 Å². The Kier molecular flexibility index (Phi) is 8.70. The molecule has 86 valence electrons. The summed E-state index contributed by atoms with van der Waals surface area (Å²) in [4.78, 5) is 0. The van der Waals surface area contributed by atoms with Gasteiger partial charge in [-0.05, 0) is 31.2 Å². The lowest BCUT2D eigenvalue weighted by molar-refractivity contribution is 0.460. The predicted octanol–water partition coefficient (Wildman–Crippen LogP) is 3.67. The van der Waals surface area contributed by atoms with Gasteiger partial charge in [0.1, 0.15) is 0 Å². The van der Waals surface area contributed by atoms with E-state index in [-0.39, 0.29) is 0 Å². The standard InChI is InChI=1S/C12H26ClN/c1-5-6-11(4)8-14-9-12(13)7-10(2)3/h10-12,14H,5-9H2,1-4H3. The van der Waals surface area contributed by atoms with Crippen molar-refractivity contribution < 1.29 is 0 Å². The van der Waals surface area contributed by atoms with E-state index < -0.39 is 0 Å². The van der Waals surface area contributed by atoms with Gasteiger partial charge in [-0.15, -0.1) is 11.6 Å². The first-order valence-electron chi connectivity index (χ1n) is 5.91. The third kappa shape index (κ3) is 8.83. The van der Waals surface area contributed by atoms with E-state index in [9.17, 15) is 0 Å². The first-order valence-corrected chi connectivity index (χ1v) is 6.34. The normalized spacial score (nSPS) is 15.9. The van der Waals surface area contributed by atoms with Gasteiger partial charge in [0, 0.05) is 11.9 Å². The van der Waals surface area contributed by atoms with Crippen LogP contribution in [0.15, 0.2) is 0 Å². The second kappa shape index (κ2) is 8.55. The zero-order chi connectivity index (χ0) is 11.0. The topological polar surface area (TPSA) is 12.0 Å². The molecule has 0 amide bonds. The van der Waals surface area contributed by atoms with Gasteiger partial charge < -0.3 is 5.32 Å². The fourth-order valence-electron chi connectivity index (χ4n) is 1.68. The molecule has 0 saturated heterocycles. The summed E-state index contributed by atoms with van der Waals surface area (Å²) in [6, 6.07) is 0. The van der Waals surface area contributed by atoms with Crippen LogP contribution in [-0.2, 0) is 0 Å². The maximum Gasteiger partial charge on any atom is 0.0463 e. The van der Waals surface area contributed by atoms with Crippen LogP contribution in [0, 0.1) is 11.8 Å². The molecule has 0 aliphatic rings. The monoisotopic (exact) mass is 219 g/mol. The summed E-state index contributed by atoms with van der Waals surface area (Å²) in [5.41, 5.74) is 0. The quantitative estimate of drug-likeness (QED) is 0.615. The number of nitrogens with one attached hydrogen (secondary N) is 1. The van der Waals surface area contributed by atoms with E-state index >= 15 is 0 Å². The van der Waals surface area contributed by atoms with Crippen molar-refractivity contribution in [3.05, 3.63) is 0 Å². The number of halogens is 1. The Labute approximate surface area is 94.6 Å². The van der Waals surface area contributed by atoms with Crippen LogP contribution in [0.2, 0.25) is 0 Å². The highest BCUT2D eigenvalue weighted by Crippen LogP contribution is 2.10. The molecule has 0 fully saturated rings. The van der Waals surface area contributed by atoms with Gasteiger partial charge in [0.05, 0.1) is 0 Å². The SMILES string of the molecule is CCCC(C)CNCC(Cl)CC(C)C. The van der Waals surface area contributed by atoms with Gasteiger partial charge in [-0.2, -0.15) is 0 Å². The van der Waals surface area contributed by atoms with Crippen molar-refractivity contribution in [2.45, 2.75) is 52.3 Å². The molecule has 0 aliphatic heterocycles. The molecular weight excluding hydrogens is 194 g/mol. The summed E-state index contributed by atoms with van der Waals surface area (Å²) in [6.07, 6.45) is 3.69. The van der Waals surface area contributed by atoms with Crippen molar-refractivity contribution in [2.24, 2.45) is 11.8 Å². The average molecular weight is 220 g/mol. The van der Waals surface area contributed by atoms with E-state index in [1.165, 1.54) is 12.8 Å². The molecule has 2 unspecified atom stereocenters. The molecule has 0 radical (unpaired) electrons. The molecule has 0 aromatic heterocycles. The van der Waals surface area contributed by atoms with Crippen molar-refractivity contribution in [1.82, 2.24) is 5.32 Å². The van der Waals surface area contributed by atoms with Crippen LogP contribution in [0.25, 0.3) is 0 Å². The Balaban J connectivity index is 3.34. The number of hydrogen-bond donors (Lipinski definition) is 1. The van der Waals surface area contributed by atoms with Gasteiger partial charge in [-0.1, -0.05) is 34.1 Å². The van der Waals surface area contributed by atoms with Crippen LogP contribution in [0.4, 0.5) is 0 Å². The molecule has 1 N–H and O–H groups in total. The second-order valence-corrected chi connectivity index (χ2v) is 5.40. The molecule has 14 heavy (non-hydrogen) atoms. The number of hydrogen-bond acceptors (Lipinski definition) is 1. The second-order valence-electron chi connectivity index (χ2n) is 4.78. The molecule has 1 nitrogen and oxygen atoms in total. The number of alkyl halides is 1.